The van der Waals surface area contributed by atoms with Crippen LogP contribution in [-0.2, 0) is 40.3 Å². The monoisotopic (exact) mass is 493 g/mol. The minimum Gasteiger partial charge on any atom is -0.460 e. The second-order valence-corrected chi connectivity index (χ2v) is 9.38. The van der Waals surface area contributed by atoms with E-state index in [1.807, 2.05) is 19.9 Å². The summed E-state index contributed by atoms with van der Waals surface area (Å²) in [6, 6.07) is 3.46. The van der Waals surface area contributed by atoms with E-state index in [0.717, 1.165) is 52.7 Å². The molecule has 2 aromatic heterocycles. The summed E-state index contributed by atoms with van der Waals surface area (Å²) < 4.78 is 21.6. The number of hydrogen-bond acceptors (Lipinski definition) is 6. The van der Waals surface area contributed by atoms with Crippen LogP contribution in [0.5, 0.6) is 0 Å². The maximum atomic E-state index is 14.6. The minimum absolute atomic E-state index is 0.0247. The lowest BCUT2D eigenvalue weighted by atomic mass is 9.84. The first-order chi connectivity index (χ1) is 17.3. The Morgan fingerprint density at radius 1 is 1.22 bits per heavy atom. The van der Waals surface area contributed by atoms with Gasteiger partial charge in [0, 0.05) is 24.1 Å². The first kappa shape index (κ1) is 24.1. The molecule has 0 spiro atoms. The largest absolute Gasteiger partial charge is 0.460 e. The van der Waals surface area contributed by atoms with Gasteiger partial charge in [-0.15, -0.1) is 0 Å². The number of fused-ring (bicyclic) bond motifs is 5. The number of aliphatic hydroxyl groups is 1. The number of rotatable bonds is 2. The third kappa shape index (κ3) is 3.61. The number of halogens is 1. The number of aryl methyl sites for hydroxylation is 2. The van der Waals surface area contributed by atoms with Crippen LogP contribution in [0, 0.1) is 12.7 Å². The van der Waals surface area contributed by atoms with Crippen LogP contribution in [-0.4, -0.2) is 40.2 Å². The van der Waals surface area contributed by atoms with E-state index in [-0.39, 0.29) is 29.9 Å². The number of aromatic nitrogens is 2. The van der Waals surface area contributed by atoms with Gasteiger partial charge in [0.15, 0.2) is 0 Å². The van der Waals surface area contributed by atoms with Crippen molar-refractivity contribution in [2.75, 3.05) is 13.7 Å². The molecule has 1 aromatic carbocycles. The zero-order valence-corrected chi connectivity index (χ0v) is 20.5. The van der Waals surface area contributed by atoms with E-state index < -0.39 is 12.5 Å². The number of aliphatic hydroxyl groups excluding tert-OH is 1. The summed E-state index contributed by atoms with van der Waals surface area (Å²) in [5.41, 5.74) is 7.36. The maximum absolute atomic E-state index is 14.6. The number of ether oxygens (including phenoxy) is 1. The van der Waals surface area contributed by atoms with Crippen molar-refractivity contribution in [2.45, 2.75) is 58.6 Å². The zero-order valence-electron chi connectivity index (χ0n) is 20.5. The lowest BCUT2D eigenvalue weighted by molar-refractivity contribution is -0.148. The van der Waals surface area contributed by atoms with E-state index in [1.165, 1.54) is 18.7 Å². The van der Waals surface area contributed by atoms with E-state index >= 15 is 0 Å². The molecule has 3 aliphatic rings. The fourth-order valence-electron chi connectivity index (χ4n) is 5.62. The van der Waals surface area contributed by atoms with Crippen molar-refractivity contribution in [3.8, 4) is 11.4 Å². The number of likely N-dealkylation sites (N-methyl/N-ethyl adjacent to an activating group) is 1. The second-order valence-electron chi connectivity index (χ2n) is 9.38. The molecule has 0 bridgehead atoms. The summed E-state index contributed by atoms with van der Waals surface area (Å²) in [6.07, 6.45) is 3.30. The van der Waals surface area contributed by atoms with Gasteiger partial charge in [-0.2, -0.15) is 0 Å². The highest BCUT2D eigenvalue weighted by atomic mass is 19.1. The molecule has 188 valence electrons. The molecule has 3 aromatic rings. The van der Waals surface area contributed by atoms with Gasteiger partial charge in [0.05, 0.1) is 34.9 Å². The van der Waals surface area contributed by atoms with Crippen LogP contribution in [0.4, 0.5) is 4.39 Å². The lowest BCUT2D eigenvalue weighted by Crippen LogP contribution is -2.32. The highest BCUT2D eigenvalue weighted by molar-refractivity contribution is 5.92. The Labute approximate surface area is 207 Å². The molecule has 2 aliphatic heterocycles. The molecule has 8 nitrogen and oxygen atoms in total. The highest BCUT2D eigenvalue weighted by Gasteiger charge is 2.35. The SMILES string of the molecule is CCC1C(=O)OCc2c1cc1n(c2=O)Cc2c-1nc1cc(F)c(C)c3c1c2CCC3.CNC(=O)CO. The van der Waals surface area contributed by atoms with Gasteiger partial charge in [0.1, 0.15) is 19.0 Å². The van der Waals surface area contributed by atoms with Gasteiger partial charge in [-0.05, 0) is 60.9 Å². The molecule has 36 heavy (non-hydrogen) atoms. The molecule has 1 atom stereocenters. The zero-order chi connectivity index (χ0) is 25.7. The number of pyridine rings is 2. The Morgan fingerprint density at radius 3 is 2.64 bits per heavy atom. The van der Waals surface area contributed by atoms with E-state index in [1.54, 1.807) is 4.57 Å². The van der Waals surface area contributed by atoms with Crippen molar-refractivity contribution < 1.29 is 23.8 Å². The van der Waals surface area contributed by atoms with Crippen molar-refractivity contribution >= 4 is 22.8 Å². The molecule has 1 amide bonds. The van der Waals surface area contributed by atoms with Crippen LogP contribution in [0.3, 0.4) is 0 Å². The van der Waals surface area contributed by atoms with Crippen molar-refractivity contribution in [1.82, 2.24) is 14.9 Å². The molecule has 2 N–H and O–H groups in total. The Morgan fingerprint density at radius 2 is 1.97 bits per heavy atom. The summed E-state index contributed by atoms with van der Waals surface area (Å²) in [4.78, 5) is 40.2. The smallest absolute Gasteiger partial charge is 0.313 e. The summed E-state index contributed by atoms with van der Waals surface area (Å²) in [6.45, 7) is 3.83. The third-order valence-electron chi connectivity index (χ3n) is 7.51. The van der Waals surface area contributed by atoms with Gasteiger partial charge < -0.3 is 19.7 Å². The second kappa shape index (κ2) is 9.13. The van der Waals surface area contributed by atoms with Crippen LogP contribution in [0.15, 0.2) is 16.9 Å². The van der Waals surface area contributed by atoms with Crippen LogP contribution >= 0.6 is 0 Å². The fraction of sp³-hybridized carbons (Fsp3) is 0.407. The Bertz CT molecular complexity index is 1490. The maximum Gasteiger partial charge on any atom is 0.313 e. The quantitative estimate of drug-likeness (QED) is 0.416. The van der Waals surface area contributed by atoms with Gasteiger partial charge in [-0.3, -0.25) is 14.4 Å². The Kier molecular flexibility index (Phi) is 6.12. The fourth-order valence-corrected chi connectivity index (χ4v) is 5.62. The molecule has 4 heterocycles. The average molecular weight is 494 g/mol. The molecule has 1 unspecified atom stereocenters. The number of nitrogens with one attached hydrogen (secondary N) is 1. The molecular weight excluding hydrogens is 465 g/mol. The first-order valence-electron chi connectivity index (χ1n) is 12.2. The van der Waals surface area contributed by atoms with E-state index in [9.17, 15) is 18.8 Å². The predicted octanol–water partition coefficient (Wildman–Crippen LogP) is 2.64. The van der Waals surface area contributed by atoms with Crippen molar-refractivity contribution in [1.29, 1.82) is 0 Å². The van der Waals surface area contributed by atoms with Gasteiger partial charge in [-0.1, -0.05) is 6.92 Å². The molecule has 0 saturated heterocycles. The number of nitrogens with zero attached hydrogens (tertiary/aromatic N) is 2. The Balaban J connectivity index is 0.000000400. The summed E-state index contributed by atoms with van der Waals surface area (Å²) in [5, 5.41) is 11.2. The van der Waals surface area contributed by atoms with Crippen LogP contribution < -0.4 is 10.9 Å². The van der Waals surface area contributed by atoms with E-state index in [0.29, 0.717) is 29.6 Å². The first-order valence-corrected chi connectivity index (χ1v) is 12.2. The normalized spacial score (nSPS) is 16.9. The summed E-state index contributed by atoms with van der Waals surface area (Å²) in [7, 11) is 1.47. The van der Waals surface area contributed by atoms with Crippen LogP contribution in [0.2, 0.25) is 0 Å². The highest BCUT2D eigenvalue weighted by Crippen LogP contribution is 2.42. The average Bonchev–Trinajstić information content (AvgIpc) is 3.26. The molecule has 6 rings (SSSR count). The number of carbonyl (C=O) groups excluding carboxylic acids is 2. The molecule has 9 heteroatoms. The number of benzene rings is 1. The van der Waals surface area contributed by atoms with Crippen molar-refractivity contribution in [2.24, 2.45) is 0 Å². The number of hydrogen-bond donors (Lipinski definition) is 2. The molecule has 0 fully saturated rings. The minimum atomic E-state index is -0.429. The molecule has 1 aliphatic carbocycles. The number of cyclic esters (lactones) is 1. The van der Waals surface area contributed by atoms with Gasteiger partial charge in [0.2, 0.25) is 5.91 Å². The van der Waals surface area contributed by atoms with Crippen molar-refractivity contribution in [3.63, 3.8) is 0 Å². The predicted molar refractivity (Wildman–Crippen MR) is 131 cm³/mol. The van der Waals surface area contributed by atoms with Crippen molar-refractivity contribution in [3.05, 3.63) is 61.7 Å². The van der Waals surface area contributed by atoms with Gasteiger partial charge in [-0.25, -0.2) is 9.37 Å². The summed E-state index contributed by atoms with van der Waals surface area (Å²) >= 11 is 0. The topological polar surface area (TPSA) is 111 Å². The van der Waals surface area contributed by atoms with Gasteiger partial charge in [0.25, 0.3) is 5.56 Å². The molecule has 0 radical (unpaired) electrons. The number of amides is 1. The summed E-state index contributed by atoms with van der Waals surface area (Å²) in [5.74, 6) is -1.29. The standard InChI is InChI=1S/C24H21FN2O3.C3H7NO2/c1-3-12-15-7-20-22-16(9-27(20)23(28)17(15)10-30-24(12)29)14-6-4-5-13-11(2)18(25)8-19(26-22)21(13)14;1-4-3(6)2-5/h7-8,12H,3-6,9-10H2,1-2H3;5H,2H2,1H3,(H,4,6). The Hall–Kier alpha value is -3.59. The van der Waals surface area contributed by atoms with E-state index in [4.69, 9.17) is 14.8 Å². The number of carbonyl (C=O) groups is 2. The number of esters is 1. The van der Waals surface area contributed by atoms with Crippen LogP contribution in [0.1, 0.15) is 59.1 Å². The molecule has 0 saturated carbocycles. The third-order valence-corrected chi connectivity index (χ3v) is 7.51. The van der Waals surface area contributed by atoms with E-state index in [2.05, 4.69) is 5.32 Å². The van der Waals surface area contributed by atoms with Gasteiger partial charge >= 0.3 is 5.97 Å². The van der Waals surface area contributed by atoms with Crippen LogP contribution in [0.25, 0.3) is 22.3 Å². The molecular formula is C27H28FN3O5. The lowest BCUT2D eigenvalue weighted by Gasteiger charge is -2.24.